The molecule has 2 rings (SSSR count). The molecule has 1 saturated heterocycles. The molecule has 0 saturated carbocycles. The molecule has 1 fully saturated rings. The Bertz CT molecular complexity index is 453. The van der Waals surface area contributed by atoms with Gasteiger partial charge in [-0.3, -0.25) is 4.99 Å². The number of hydrogen-bond acceptors (Lipinski definition) is 2. The van der Waals surface area contributed by atoms with Crippen molar-refractivity contribution in [2.24, 2.45) is 4.99 Å². The number of nitrogens with one attached hydrogen (secondary N) is 1. The summed E-state index contributed by atoms with van der Waals surface area (Å²) in [6.45, 7) is 7.65. The number of likely N-dealkylation sites (tertiary alicyclic amines) is 1. The van der Waals surface area contributed by atoms with Crippen molar-refractivity contribution in [3.63, 3.8) is 0 Å². The standard InChI is InChI=1S/C17H27N3O.HI/c1-3-18-17(20-12-9-16(21)10-13-20)19-11-8-15-6-4-14(2)5-7-15;/h4-7,16,21H,3,8-13H2,1-2H3,(H,18,19);1H. The van der Waals surface area contributed by atoms with Crippen LogP contribution >= 0.6 is 24.0 Å². The Balaban J connectivity index is 0.00000242. The van der Waals surface area contributed by atoms with Gasteiger partial charge in [-0.25, -0.2) is 0 Å². The van der Waals surface area contributed by atoms with Crippen molar-refractivity contribution in [1.82, 2.24) is 10.2 Å². The maximum atomic E-state index is 9.60. The molecule has 124 valence electrons. The van der Waals surface area contributed by atoms with E-state index in [9.17, 15) is 5.11 Å². The summed E-state index contributed by atoms with van der Waals surface area (Å²) >= 11 is 0. The van der Waals surface area contributed by atoms with Gasteiger partial charge in [0.1, 0.15) is 0 Å². The molecule has 0 radical (unpaired) electrons. The second-order valence-corrected chi connectivity index (χ2v) is 5.69. The van der Waals surface area contributed by atoms with Crippen LogP contribution in [0.3, 0.4) is 0 Å². The highest BCUT2D eigenvalue weighted by molar-refractivity contribution is 14.0. The molecular weight excluding hydrogens is 389 g/mol. The van der Waals surface area contributed by atoms with Gasteiger partial charge in [0, 0.05) is 26.2 Å². The van der Waals surface area contributed by atoms with E-state index >= 15 is 0 Å². The van der Waals surface area contributed by atoms with Gasteiger partial charge in [-0.2, -0.15) is 0 Å². The third kappa shape index (κ3) is 6.12. The number of rotatable bonds is 4. The molecule has 0 amide bonds. The minimum atomic E-state index is -0.142. The Morgan fingerprint density at radius 3 is 2.50 bits per heavy atom. The van der Waals surface area contributed by atoms with E-state index in [4.69, 9.17) is 4.99 Å². The van der Waals surface area contributed by atoms with Crippen molar-refractivity contribution >= 4 is 29.9 Å². The van der Waals surface area contributed by atoms with Crippen LogP contribution in [-0.2, 0) is 6.42 Å². The Morgan fingerprint density at radius 1 is 1.27 bits per heavy atom. The number of halogens is 1. The molecule has 0 unspecified atom stereocenters. The molecule has 1 aromatic carbocycles. The van der Waals surface area contributed by atoms with Gasteiger partial charge < -0.3 is 15.3 Å². The molecule has 0 spiro atoms. The molecule has 2 N–H and O–H groups in total. The molecule has 0 aliphatic carbocycles. The third-order valence-corrected chi connectivity index (χ3v) is 3.88. The van der Waals surface area contributed by atoms with Crippen LogP contribution in [0.4, 0.5) is 0 Å². The first kappa shape index (κ1) is 19.2. The Morgan fingerprint density at radius 2 is 1.91 bits per heavy atom. The summed E-state index contributed by atoms with van der Waals surface area (Å²) in [7, 11) is 0. The fourth-order valence-electron chi connectivity index (χ4n) is 2.55. The van der Waals surface area contributed by atoms with Crippen molar-refractivity contribution in [3.8, 4) is 0 Å². The number of aryl methyl sites for hydroxylation is 1. The van der Waals surface area contributed by atoms with Crippen molar-refractivity contribution < 1.29 is 5.11 Å². The van der Waals surface area contributed by atoms with Crippen LogP contribution in [0.25, 0.3) is 0 Å². The van der Waals surface area contributed by atoms with Crippen LogP contribution in [0, 0.1) is 6.92 Å². The second-order valence-electron chi connectivity index (χ2n) is 5.69. The fourth-order valence-corrected chi connectivity index (χ4v) is 2.55. The van der Waals surface area contributed by atoms with E-state index in [-0.39, 0.29) is 30.1 Å². The normalized spacial score (nSPS) is 16.3. The minimum Gasteiger partial charge on any atom is -0.393 e. The first-order chi connectivity index (χ1) is 10.2. The lowest BCUT2D eigenvalue weighted by Gasteiger charge is -2.32. The fraction of sp³-hybridized carbons (Fsp3) is 0.588. The van der Waals surface area contributed by atoms with E-state index in [1.165, 1.54) is 11.1 Å². The lowest BCUT2D eigenvalue weighted by Crippen LogP contribution is -2.46. The molecule has 0 bridgehead atoms. The third-order valence-electron chi connectivity index (χ3n) is 3.88. The van der Waals surface area contributed by atoms with Crippen LogP contribution < -0.4 is 5.32 Å². The van der Waals surface area contributed by atoms with Gasteiger partial charge >= 0.3 is 0 Å². The Labute approximate surface area is 151 Å². The molecule has 5 heteroatoms. The number of hydrogen-bond donors (Lipinski definition) is 2. The molecule has 0 aromatic heterocycles. The van der Waals surface area contributed by atoms with Crippen molar-refractivity contribution in [2.45, 2.75) is 39.2 Å². The maximum Gasteiger partial charge on any atom is 0.193 e. The van der Waals surface area contributed by atoms with E-state index < -0.39 is 0 Å². The first-order valence-corrected chi connectivity index (χ1v) is 7.96. The van der Waals surface area contributed by atoms with E-state index in [0.717, 1.165) is 51.4 Å². The predicted molar refractivity (Wildman–Crippen MR) is 103 cm³/mol. The lowest BCUT2D eigenvalue weighted by atomic mass is 10.1. The largest absolute Gasteiger partial charge is 0.393 e. The summed E-state index contributed by atoms with van der Waals surface area (Å²) < 4.78 is 0. The Kier molecular flexibility index (Phi) is 8.78. The SMILES string of the molecule is CCNC(=NCCc1ccc(C)cc1)N1CCC(O)CC1.I. The van der Waals surface area contributed by atoms with Crippen molar-refractivity contribution in [1.29, 1.82) is 0 Å². The van der Waals surface area contributed by atoms with Crippen LogP contribution in [0.15, 0.2) is 29.3 Å². The van der Waals surface area contributed by atoms with E-state index in [1.807, 2.05) is 0 Å². The first-order valence-electron chi connectivity index (χ1n) is 7.96. The number of aliphatic hydroxyl groups excluding tert-OH is 1. The minimum absolute atomic E-state index is 0. The van der Waals surface area contributed by atoms with Crippen molar-refractivity contribution in [3.05, 3.63) is 35.4 Å². The lowest BCUT2D eigenvalue weighted by molar-refractivity contribution is 0.108. The molecule has 0 atom stereocenters. The van der Waals surface area contributed by atoms with Gasteiger partial charge in [0.25, 0.3) is 0 Å². The average Bonchev–Trinajstić information content (AvgIpc) is 2.49. The molecule has 1 aliphatic rings. The van der Waals surface area contributed by atoms with Crippen LogP contribution in [0.5, 0.6) is 0 Å². The second kappa shape index (κ2) is 10.0. The number of aliphatic hydroxyl groups is 1. The summed E-state index contributed by atoms with van der Waals surface area (Å²) in [5.41, 5.74) is 2.62. The summed E-state index contributed by atoms with van der Waals surface area (Å²) in [6.07, 6.45) is 2.49. The van der Waals surface area contributed by atoms with E-state index in [2.05, 4.69) is 48.3 Å². The smallest absolute Gasteiger partial charge is 0.193 e. The monoisotopic (exact) mass is 417 g/mol. The summed E-state index contributed by atoms with van der Waals surface area (Å²) in [4.78, 5) is 6.99. The predicted octanol–water partition coefficient (Wildman–Crippen LogP) is 2.58. The van der Waals surface area contributed by atoms with Gasteiger partial charge in [0.05, 0.1) is 6.10 Å². The maximum absolute atomic E-state index is 9.60. The summed E-state index contributed by atoms with van der Waals surface area (Å²) in [6, 6.07) is 8.65. The highest BCUT2D eigenvalue weighted by atomic mass is 127. The molecule has 1 aromatic rings. The molecule has 4 nitrogen and oxygen atoms in total. The van der Waals surface area contributed by atoms with Crippen LogP contribution in [0.1, 0.15) is 30.9 Å². The van der Waals surface area contributed by atoms with Crippen molar-refractivity contribution in [2.75, 3.05) is 26.2 Å². The number of guanidine groups is 1. The zero-order valence-corrected chi connectivity index (χ0v) is 15.9. The average molecular weight is 417 g/mol. The van der Waals surface area contributed by atoms with Crippen LogP contribution in [0.2, 0.25) is 0 Å². The number of piperidine rings is 1. The molecule has 1 heterocycles. The number of nitrogens with zero attached hydrogens (tertiary/aromatic N) is 2. The van der Waals surface area contributed by atoms with Gasteiger partial charge in [-0.1, -0.05) is 29.8 Å². The molecule has 22 heavy (non-hydrogen) atoms. The number of benzene rings is 1. The molecule has 1 aliphatic heterocycles. The van der Waals surface area contributed by atoms with Crippen LogP contribution in [-0.4, -0.2) is 48.2 Å². The zero-order valence-electron chi connectivity index (χ0n) is 13.6. The van der Waals surface area contributed by atoms with Gasteiger partial charge in [-0.15, -0.1) is 24.0 Å². The highest BCUT2D eigenvalue weighted by Crippen LogP contribution is 2.10. The topological polar surface area (TPSA) is 47.9 Å². The van der Waals surface area contributed by atoms with E-state index in [0.29, 0.717) is 0 Å². The van der Waals surface area contributed by atoms with E-state index in [1.54, 1.807) is 0 Å². The molecular formula is C17H28IN3O. The zero-order chi connectivity index (χ0) is 15.1. The quantitative estimate of drug-likeness (QED) is 0.450. The summed E-state index contributed by atoms with van der Waals surface area (Å²) in [5, 5.41) is 13.0. The summed E-state index contributed by atoms with van der Waals surface area (Å²) in [5.74, 6) is 0.983. The van der Waals surface area contributed by atoms with Gasteiger partial charge in [-0.05, 0) is 38.7 Å². The number of aliphatic imine (C=N–C) groups is 1. The van der Waals surface area contributed by atoms with Gasteiger partial charge in [0.2, 0.25) is 0 Å². The highest BCUT2D eigenvalue weighted by Gasteiger charge is 2.19. The Hall–Kier alpha value is -0.820. The van der Waals surface area contributed by atoms with Gasteiger partial charge in [0.15, 0.2) is 5.96 Å².